The summed E-state index contributed by atoms with van der Waals surface area (Å²) in [5.41, 5.74) is 3.63. The number of imidazole rings is 1. The van der Waals surface area contributed by atoms with Gasteiger partial charge in [0.25, 0.3) is 0 Å². The highest BCUT2D eigenvalue weighted by atomic mass is 35.5. The summed E-state index contributed by atoms with van der Waals surface area (Å²) < 4.78 is 7.35. The largest absolute Gasteiger partial charge is 0.378 e. The summed E-state index contributed by atoms with van der Waals surface area (Å²) in [4.78, 5) is 15.8. The average Bonchev–Trinajstić information content (AvgIpc) is 2.99. The zero-order valence-corrected chi connectivity index (χ0v) is 13.5. The number of hydrogen-bond donors (Lipinski definition) is 0. The molecule has 23 heavy (non-hydrogen) atoms. The molecule has 0 saturated carbocycles. The number of anilines is 1. The first-order chi connectivity index (χ1) is 11.2. The molecule has 7 heteroatoms. The number of aromatic nitrogens is 4. The summed E-state index contributed by atoms with van der Waals surface area (Å²) in [5, 5.41) is 0.664. The molecular formula is C16H16ClN5O. The van der Waals surface area contributed by atoms with E-state index in [0.29, 0.717) is 18.2 Å². The molecule has 1 saturated heterocycles. The fourth-order valence-corrected chi connectivity index (χ4v) is 2.90. The van der Waals surface area contributed by atoms with Crippen molar-refractivity contribution in [3.63, 3.8) is 0 Å². The second kappa shape index (κ2) is 5.79. The van der Waals surface area contributed by atoms with Crippen molar-refractivity contribution in [1.82, 2.24) is 19.4 Å². The van der Waals surface area contributed by atoms with Gasteiger partial charge in [0.05, 0.1) is 35.8 Å². The van der Waals surface area contributed by atoms with E-state index in [0.717, 1.165) is 41.6 Å². The summed E-state index contributed by atoms with van der Waals surface area (Å²) in [5.74, 6) is 0.728. The van der Waals surface area contributed by atoms with E-state index in [1.165, 1.54) is 0 Å². The lowest BCUT2D eigenvalue weighted by Crippen LogP contribution is -2.37. The predicted molar refractivity (Wildman–Crippen MR) is 89.0 cm³/mol. The van der Waals surface area contributed by atoms with Crippen molar-refractivity contribution in [2.24, 2.45) is 0 Å². The minimum atomic E-state index is 0.664. The van der Waals surface area contributed by atoms with Gasteiger partial charge in [-0.05, 0) is 24.6 Å². The number of ether oxygens (including phenoxy) is 1. The van der Waals surface area contributed by atoms with Crippen molar-refractivity contribution in [3.8, 4) is 11.4 Å². The van der Waals surface area contributed by atoms with Gasteiger partial charge in [-0.2, -0.15) is 0 Å². The van der Waals surface area contributed by atoms with Crippen LogP contribution in [0.2, 0.25) is 5.02 Å². The molecule has 4 rings (SSSR count). The van der Waals surface area contributed by atoms with E-state index in [1.807, 2.05) is 42.0 Å². The van der Waals surface area contributed by atoms with Crippen molar-refractivity contribution < 1.29 is 4.74 Å². The van der Waals surface area contributed by atoms with Gasteiger partial charge in [-0.1, -0.05) is 11.6 Å². The van der Waals surface area contributed by atoms with Gasteiger partial charge in [0, 0.05) is 25.5 Å². The van der Waals surface area contributed by atoms with Gasteiger partial charge in [0.1, 0.15) is 5.65 Å². The minimum Gasteiger partial charge on any atom is -0.378 e. The van der Waals surface area contributed by atoms with E-state index >= 15 is 0 Å². The first-order valence-electron chi connectivity index (χ1n) is 7.52. The molecule has 6 nitrogen and oxygen atoms in total. The summed E-state index contributed by atoms with van der Waals surface area (Å²) in [6, 6.07) is 3.73. The third-order valence-corrected chi connectivity index (χ3v) is 4.19. The smallest absolute Gasteiger partial charge is 0.226 e. The molecule has 0 aliphatic carbocycles. The molecule has 1 aliphatic rings. The first-order valence-corrected chi connectivity index (χ1v) is 7.89. The maximum atomic E-state index is 6.12. The maximum absolute atomic E-state index is 6.12. The number of nitrogens with zero attached hydrogens (tertiary/aromatic N) is 5. The summed E-state index contributed by atoms with van der Waals surface area (Å²) in [6.45, 7) is 5.03. The third-order valence-electron chi connectivity index (χ3n) is 3.97. The topological polar surface area (TPSA) is 55.5 Å². The number of rotatable bonds is 2. The Balaban J connectivity index is 1.82. The zero-order chi connectivity index (χ0) is 15.8. The van der Waals surface area contributed by atoms with Crippen LogP contribution in [-0.2, 0) is 4.74 Å². The molecule has 0 aromatic carbocycles. The lowest BCUT2D eigenvalue weighted by molar-refractivity contribution is 0.122. The van der Waals surface area contributed by atoms with Crippen molar-refractivity contribution >= 4 is 23.2 Å². The van der Waals surface area contributed by atoms with Crippen molar-refractivity contribution in [1.29, 1.82) is 0 Å². The molecule has 3 aromatic heterocycles. The van der Waals surface area contributed by atoms with E-state index in [1.54, 1.807) is 0 Å². The molecule has 1 aliphatic heterocycles. The Morgan fingerprint density at radius 1 is 1.13 bits per heavy atom. The second-order valence-corrected chi connectivity index (χ2v) is 5.96. The Morgan fingerprint density at radius 3 is 2.78 bits per heavy atom. The Hall–Kier alpha value is -2.18. The standard InChI is InChI=1S/C16H16ClN5O/c1-11-8-19-16(21-4-6-23-7-5-21)20-15(11)13-9-18-14-3-2-12(17)10-22(13)14/h2-3,8-10H,4-7H2,1H3. The van der Waals surface area contributed by atoms with Crippen LogP contribution in [0.25, 0.3) is 17.0 Å². The number of aryl methyl sites for hydroxylation is 1. The van der Waals surface area contributed by atoms with Crippen LogP contribution in [0.3, 0.4) is 0 Å². The SMILES string of the molecule is Cc1cnc(N2CCOCC2)nc1-c1cnc2ccc(Cl)cn12. The summed E-state index contributed by atoms with van der Waals surface area (Å²) in [7, 11) is 0. The number of pyridine rings is 1. The van der Waals surface area contributed by atoms with E-state index < -0.39 is 0 Å². The van der Waals surface area contributed by atoms with E-state index in [2.05, 4.69) is 14.9 Å². The van der Waals surface area contributed by atoms with Crippen LogP contribution in [0.5, 0.6) is 0 Å². The highest BCUT2D eigenvalue weighted by Crippen LogP contribution is 2.25. The molecule has 118 valence electrons. The Morgan fingerprint density at radius 2 is 1.96 bits per heavy atom. The van der Waals surface area contributed by atoms with Crippen molar-refractivity contribution in [2.75, 3.05) is 31.2 Å². The molecule has 1 fully saturated rings. The van der Waals surface area contributed by atoms with Crippen LogP contribution in [0.1, 0.15) is 5.56 Å². The second-order valence-electron chi connectivity index (χ2n) is 5.52. The lowest BCUT2D eigenvalue weighted by Gasteiger charge is -2.27. The van der Waals surface area contributed by atoms with Gasteiger partial charge in [-0.3, -0.25) is 4.40 Å². The van der Waals surface area contributed by atoms with Gasteiger partial charge in [0.2, 0.25) is 5.95 Å². The Labute approximate surface area is 138 Å². The van der Waals surface area contributed by atoms with Crippen LogP contribution < -0.4 is 4.90 Å². The van der Waals surface area contributed by atoms with Crippen LogP contribution in [-0.4, -0.2) is 45.7 Å². The quantitative estimate of drug-likeness (QED) is 0.723. The Bertz CT molecular complexity index is 857. The normalized spacial score (nSPS) is 15.3. The highest BCUT2D eigenvalue weighted by molar-refractivity contribution is 6.30. The molecule has 0 spiro atoms. The third kappa shape index (κ3) is 2.64. The number of hydrogen-bond acceptors (Lipinski definition) is 5. The molecule has 4 heterocycles. The molecule has 3 aromatic rings. The van der Waals surface area contributed by atoms with Gasteiger partial charge in [-0.25, -0.2) is 15.0 Å². The molecule has 0 unspecified atom stereocenters. The maximum Gasteiger partial charge on any atom is 0.226 e. The predicted octanol–water partition coefficient (Wildman–Crippen LogP) is 2.59. The van der Waals surface area contributed by atoms with Gasteiger partial charge in [-0.15, -0.1) is 0 Å². The lowest BCUT2D eigenvalue weighted by atomic mass is 10.2. The zero-order valence-electron chi connectivity index (χ0n) is 12.7. The number of morpholine rings is 1. The first kappa shape index (κ1) is 14.4. The van der Waals surface area contributed by atoms with E-state index in [-0.39, 0.29) is 0 Å². The van der Waals surface area contributed by atoms with E-state index in [9.17, 15) is 0 Å². The van der Waals surface area contributed by atoms with Crippen LogP contribution in [0, 0.1) is 6.92 Å². The Kier molecular flexibility index (Phi) is 3.63. The molecule has 0 N–H and O–H groups in total. The minimum absolute atomic E-state index is 0.664. The molecule has 0 bridgehead atoms. The molecular weight excluding hydrogens is 314 g/mol. The van der Waals surface area contributed by atoms with Gasteiger partial charge in [0.15, 0.2) is 0 Å². The number of halogens is 1. The van der Waals surface area contributed by atoms with E-state index in [4.69, 9.17) is 21.3 Å². The van der Waals surface area contributed by atoms with Crippen LogP contribution in [0.15, 0.2) is 30.7 Å². The number of fused-ring (bicyclic) bond motifs is 1. The van der Waals surface area contributed by atoms with Crippen molar-refractivity contribution in [3.05, 3.63) is 41.3 Å². The summed E-state index contributed by atoms with van der Waals surface area (Å²) >= 11 is 6.12. The monoisotopic (exact) mass is 329 g/mol. The van der Waals surface area contributed by atoms with Gasteiger partial charge < -0.3 is 9.64 Å². The fraction of sp³-hybridized carbons (Fsp3) is 0.312. The van der Waals surface area contributed by atoms with Crippen LogP contribution >= 0.6 is 11.6 Å². The molecule has 0 atom stereocenters. The average molecular weight is 330 g/mol. The fourth-order valence-electron chi connectivity index (χ4n) is 2.74. The highest BCUT2D eigenvalue weighted by Gasteiger charge is 2.17. The molecule has 0 radical (unpaired) electrons. The summed E-state index contributed by atoms with van der Waals surface area (Å²) in [6.07, 6.45) is 5.54. The molecule has 0 amide bonds. The van der Waals surface area contributed by atoms with Crippen molar-refractivity contribution in [2.45, 2.75) is 6.92 Å². The van der Waals surface area contributed by atoms with Crippen LogP contribution in [0.4, 0.5) is 5.95 Å². The van der Waals surface area contributed by atoms with Gasteiger partial charge >= 0.3 is 0 Å².